The molecule has 2 aromatic rings. The van der Waals surface area contributed by atoms with Crippen molar-refractivity contribution in [1.29, 1.82) is 0 Å². The van der Waals surface area contributed by atoms with E-state index < -0.39 is 0 Å². The Hall–Kier alpha value is -2.34. The lowest BCUT2D eigenvalue weighted by Gasteiger charge is -2.06. The Morgan fingerprint density at radius 2 is 1.60 bits per heavy atom. The van der Waals surface area contributed by atoms with Crippen molar-refractivity contribution in [3.8, 4) is 0 Å². The van der Waals surface area contributed by atoms with Crippen LogP contribution in [-0.2, 0) is 0 Å². The average Bonchev–Trinajstić information content (AvgIpc) is 2.37. The maximum absolute atomic E-state index is 12.1. The molecule has 5 nitrogen and oxygen atoms in total. The van der Waals surface area contributed by atoms with Crippen molar-refractivity contribution in [3.05, 3.63) is 52.8 Å². The van der Waals surface area contributed by atoms with E-state index in [1.165, 1.54) is 0 Å². The van der Waals surface area contributed by atoms with Crippen LogP contribution in [0.2, 0.25) is 0 Å². The molecule has 0 atom stereocenters. The van der Waals surface area contributed by atoms with Crippen molar-refractivity contribution in [3.63, 3.8) is 0 Å². The van der Waals surface area contributed by atoms with Gasteiger partial charge in [-0.25, -0.2) is 9.97 Å². The molecule has 6 heteroatoms. The molecule has 0 bridgehead atoms. The first-order chi connectivity index (χ1) is 9.45. The Morgan fingerprint density at radius 3 is 2.10 bits per heavy atom. The monoisotopic (exact) mass is 286 g/mol. The Labute approximate surface area is 122 Å². The van der Waals surface area contributed by atoms with Gasteiger partial charge in [-0.2, -0.15) is 0 Å². The van der Waals surface area contributed by atoms with E-state index in [1.54, 1.807) is 24.3 Å². The minimum atomic E-state index is -0.274. The average molecular weight is 286 g/mol. The van der Waals surface area contributed by atoms with Gasteiger partial charge < -0.3 is 5.73 Å². The minimum absolute atomic E-state index is 0.274. The first-order valence-corrected chi connectivity index (χ1v) is 6.40. The molecule has 0 unspecified atom stereocenters. The van der Waals surface area contributed by atoms with E-state index in [2.05, 4.69) is 15.3 Å². The van der Waals surface area contributed by atoms with Gasteiger partial charge in [0.05, 0.1) is 0 Å². The lowest BCUT2D eigenvalue weighted by Crippen LogP contribution is -2.15. The van der Waals surface area contributed by atoms with Crippen LogP contribution in [0.5, 0.6) is 0 Å². The molecule has 3 N–H and O–H groups in total. The van der Waals surface area contributed by atoms with Crippen LogP contribution < -0.4 is 11.1 Å². The molecule has 1 aromatic heterocycles. The van der Waals surface area contributed by atoms with E-state index in [-0.39, 0.29) is 5.91 Å². The predicted octanol–water partition coefficient (Wildman–Crippen LogP) is 1.98. The molecule has 1 amide bonds. The number of hydrogen-bond donors (Lipinski definition) is 2. The van der Waals surface area contributed by atoms with Crippen molar-refractivity contribution in [1.82, 2.24) is 9.97 Å². The number of benzene rings is 1. The number of nitrogens with two attached hydrogens (primary N) is 1. The van der Waals surface area contributed by atoms with Crippen LogP contribution in [0.25, 0.3) is 0 Å². The van der Waals surface area contributed by atoms with Gasteiger partial charge in [-0.1, -0.05) is 24.4 Å². The lowest BCUT2D eigenvalue weighted by atomic mass is 10.1. The topological polar surface area (TPSA) is 80.9 Å². The summed E-state index contributed by atoms with van der Waals surface area (Å²) >= 11 is 4.86. The second kappa shape index (κ2) is 5.75. The molecule has 2 rings (SSSR count). The number of hydrogen-bond acceptors (Lipinski definition) is 4. The molecule has 1 aromatic carbocycles. The highest BCUT2D eigenvalue weighted by molar-refractivity contribution is 7.80. The summed E-state index contributed by atoms with van der Waals surface area (Å²) in [5, 5.41) is 2.66. The second-order valence-electron chi connectivity index (χ2n) is 4.37. The van der Waals surface area contributed by atoms with Crippen LogP contribution in [0.1, 0.15) is 27.3 Å². The van der Waals surface area contributed by atoms with E-state index in [0.717, 1.165) is 17.0 Å². The molecule has 0 saturated heterocycles. The number of nitrogens with one attached hydrogen (secondary N) is 1. The Morgan fingerprint density at radius 1 is 1.10 bits per heavy atom. The highest BCUT2D eigenvalue weighted by atomic mass is 32.1. The molecule has 0 saturated carbocycles. The summed E-state index contributed by atoms with van der Waals surface area (Å²) in [5.41, 5.74) is 8.33. The maximum atomic E-state index is 12.1. The summed E-state index contributed by atoms with van der Waals surface area (Å²) in [6, 6.07) is 8.57. The smallest absolute Gasteiger partial charge is 0.258 e. The Kier molecular flexibility index (Phi) is 4.05. The number of anilines is 1. The van der Waals surface area contributed by atoms with Gasteiger partial charge in [-0.15, -0.1) is 0 Å². The van der Waals surface area contributed by atoms with Gasteiger partial charge in [0, 0.05) is 22.5 Å². The summed E-state index contributed by atoms with van der Waals surface area (Å²) in [7, 11) is 0. The summed E-state index contributed by atoms with van der Waals surface area (Å²) in [5.74, 6) is 0.0235. The third-order valence-corrected chi connectivity index (χ3v) is 2.87. The number of amides is 1. The number of thiocarbonyl (C=S) groups is 1. The second-order valence-corrected chi connectivity index (χ2v) is 4.81. The third-order valence-electron chi connectivity index (χ3n) is 2.64. The number of aryl methyl sites for hydroxylation is 2. The van der Waals surface area contributed by atoms with Crippen LogP contribution in [0.4, 0.5) is 5.95 Å². The lowest BCUT2D eigenvalue weighted by molar-refractivity contribution is 0.102. The molecular formula is C14H14N4OS. The number of rotatable bonds is 3. The van der Waals surface area contributed by atoms with Crippen LogP contribution in [0.15, 0.2) is 30.3 Å². The first-order valence-electron chi connectivity index (χ1n) is 5.99. The van der Waals surface area contributed by atoms with Gasteiger partial charge >= 0.3 is 0 Å². The van der Waals surface area contributed by atoms with Gasteiger partial charge in [-0.3, -0.25) is 10.1 Å². The number of carbonyl (C=O) groups excluding carboxylic acids is 1. The highest BCUT2D eigenvalue weighted by Gasteiger charge is 2.09. The fraction of sp³-hybridized carbons (Fsp3) is 0.143. The van der Waals surface area contributed by atoms with E-state index in [0.29, 0.717) is 16.5 Å². The van der Waals surface area contributed by atoms with Crippen LogP contribution in [0, 0.1) is 13.8 Å². The molecule has 20 heavy (non-hydrogen) atoms. The van der Waals surface area contributed by atoms with Crippen molar-refractivity contribution in [2.45, 2.75) is 13.8 Å². The van der Waals surface area contributed by atoms with Crippen LogP contribution >= 0.6 is 12.2 Å². The number of nitrogens with zero attached hydrogens (tertiary/aromatic N) is 2. The van der Waals surface area contributed by atoms with Gasteiger partial charge in [0.15, 0.2) is 0 Å². The van der Waals surface area contributed by atoms with E-state index in [9.17, 15) is 4.79 Å². The zero-order valence-electron chi connectivity index (χ0n) is 11.2. The molecule has 0 fully saturated rings. The molecule has 0 aliphatic rings. The zero-order chi connectivity index (χ0) is 14.7. The first kappa shape index (κ1) is 14.1. The van der Waals surface area contributed by atoms with Crippen molar-refractivity contribution >= 4 is 29.1 Å². The Balaban J connectivity index is 2.17. The van der Waals surface area contributed by atoms with Gasteiger partial charge in [0.25, 0.3) is 5.91 Å². The standard InChI is InChI=1S/C14H14N4OS/c1-8-7-9(2)17-14(16-8)18-13(19)11-5-3-10(4-6-11)12(15)20/h3-7H,1-2H3,(H2,15,20)(H,16,17,18,19). The highest BCUT2D eigenvalue weighted by Crippen LogP contribution is 2.08. The van der Waals surface area contributed by atoms with Crippen LogP contribution in [0.3, 0.4) is 0 Å². The molecule has 102 valence electrons. The SMILES string of the molecule is Cc1cc(C)nc(NC(=O)c2ccc(C(N)=S)cc2)n1. The summed E-state index contributed by atoms with van der Waals surface area (Å²) in [4.78, 5) is 20.7. The molecule has 0 spiro atoms. The van der Waals surface area contributed by atoms with Crippen molar-refractivity contribution < 1.29 is 4.79 Å². The van der Waals surface area contributed by atoms with Gasteiger partial charge in [-0.05, 0) is 32.0 Å². The summed E-state index contributed by atoms with van der Waals surface area (Å²) in [6.07, 6.45) is 0. The number of aromatic nitrogens is 2. The van der Waals surface area contributed by atoms with E-state index in [1.807, 2.05) is 19.9 Å². The van der Waals surface area contributed by atoms with E-state index in [4.69, 9.17) is 18.0 Å². The fourth-order valence-electron chi connectivity index (χ4n) is 1.74. The van der Waals surface area contributed by atoms with Gasteiger partial charge in [0.1, 0.15) is 4.99 Å². The quantitative estimate of drug-likeness (QED) is 0.843. The predicted molar refractivity (Wildman–Crippen MR) is 81.8 cm³/mol. The minimum Gasteiger partial charge on any atom is -0.389 e. The molecule has 1 heterocycles. The fourth-order valence-corrected chi connectivity index (χ4v) is 1.88. The summed E-state index contributed by atoms with van der Waals surface area (Å²) < 4.78 is 0. The van der Waals surface area contributed by atoms with Gasteiger partial charge in [0.2, 0.25) is 5.95 Å². The molecular weight excluding hydrogens is 272 g/mol. The zero-order valence-corrected chi connectivity index (χ0v) is 12.0. The van der Waals surface area contributed by atoms with Crippen molar-refractivity contribution in [2.24, 2.45) is 5.73 Å². The molecule has 0 radical (unpaired) electrons. The van der Waals surface area contributed by atoms with E-state index >= 15 is 0 Å². The largest absolute Gasteiger partial charge is 0.389 e. The van der Waals surface area contributed by atoms with Crippen LogP contribution in [-0.4, -0.2) is 20.9 Å². The third kappa shape index (κ3) is 3.36. The molecule has 0 aliphatic carbocycles. The summed E-state index contributed by atoms with van der Waals surface area (Å²) in [6.45, 7) is 3.70. The molecule has 0 aliphatic heterocycles. The van der Waals surface area contributed by atoms with Crippen molar-refractivity contribution in [2.75, 3.05) is 5.32 Å². The maximum Gasteiger partial charge on any atom is 0.258 e. The number of carbonyl (C=O) groups is 1. The Bertz CT molecular complexity index is 647. The normalized spacial score (nSPS) is 10.1.